The lowest BCUT2D eigenvalue weighted by Crippen LogP contribution is -2.34. The molecule has 0 aromatic heterocycles. The van der Waals surface area contributed by atoms with E-state index in [1.54, 1.807) is 32.4 Å². The number of Topliss-reactive ketones (excluding diaryl/α,β-unsaturated/α-hetero) is 1. The first kappa shape index (κ1) is 29.1. The average Bonchev–Trinajstić information content (AvgIpc) is 2.86. The number of hydrogen-bond donors (Lipinski definition) is 1. The summed E-state index contributed by atoms with van der Waals surface area (Å²) >= 11 is 6.26. The fraction of sp³-hybridized carbons (Fsp3) is 0.519. The predicted molar refractivity (Wildman–Crippen MR) is 145 cm³/mol. The lowest BCUT2D eigenvalue weighted by atomic mass is 9.90. The van der Waals surface area contributed by atoms with Gasteiger partial charge < -0.3 is 24.8 Å². The second-order valence-electron chi connectivity index (χ2n) is 8.98. The number of methoxy groups -OCH3 is 2. The summed E-state index contributed by atoms with van der Waals surface area (Å²) in [4.78, 5) is 15.7. The summed E-state index contributed by atoms with van der Waals surface area (Å²) in [7, 11) is 3.20. The molecule has 1 fully saturated rings. The van der Waals surface area contributed by atoms with Gasteiger partial charge in [-0.15, -0.1) is 12.4 Å². The van der Waals surface area contributed by atoms with E-state index >= 15 is 0 Å². The van der Waals surface area contributed by atoms with Gasteiger partial charge in [-0.2, -0.15) is 0 Å². The van der Waals surface area contributed by atoms with Crippen molar-refractivity contribution in [3.8, 4) is 17.2 Å². The number of hydrogen-bond acceptors (Lipinski definition) is 6. The molecule has 194 valence electrons. The number of anilines is 1. The van der Waals surface area contributed by atoms with E-state index in [1.165, 1.54) is 19.4 Å². The molecule has 0 radical (unpaired) electrons. The number of nitrogens with two attached hydrogens (primary N) is 1. The molecule has 2 aromatic carbocycles. The third-order valence-corrected chi connectivity index (χ3v) is 6.85. The first-order valence-corrected chi connectivity index (χ1v) is 12.5. The van der Waals surface area contributed by atoms with Crippen LogP contribution in [0.3, 0.4) is 0 Å². The van der Waals surface area contributed by atoms with Gasteiger partial charge in [-0.1, -0.05) is 24.9 Å². The predicted octanol–water partition coefficient (Wildman–Crippen LogP) is 6.42. The molecule has 6 nitrogen and oxygen atoms in total. The molecular weight excluding hydrogens is 487 g/mol. The van der Waals surface area contributed by atoms with Crippen LogP contribution in [0.15, 0.2) is 30.3 Å². The van der Waals surface area contributed by atoms with E-state index in [2.05, 4.69) is 11.8 Å². The Morgan fingerprint density at radius 3 is 2.34 bits per heavy atom. The summed E-state index contributed by atoms with van der Waals surface area (Å²) < 4.78 is 16.7. The fourth-order valence-electron chi connectivity index (χ4n) is 4.37. The molecule has 0 spiro atoms. The number of ether oxygens (including phenoxy) is 3. The Morgan fingerprint density at radius 2 is 1.74 bits per heavy atom. The van der Waals surface area contributed by atoms with Gasteiger partial charge in [0.05, 0.1) is 30.5 Å². The second kappa shape index (κ2) is 14.4. The molecule has 35 heavy (non-hydrogen) atoms. The number of ketones is 1. The smallest absolute Gasteiger partial charge is 0.166 e. The number of halogens is 2. The van der Waals surface area contributed by atoms with E-state index in [-0.39, 0.29) is 24.8 Å². The number of nitrogen functional groups attached to an aromatic ring is 1. The van der Waals surface area contributed by atoms with Crippen molar-refractivity contribution in [3.05, 3.63) is 46.5 Å². The Labute approximate surface area is 220 Å². The monoisotopic (exact) mass is 524 g/mol. The van der Waals surface area contributed by atoms with Crippen LogP contribution in [0.25, 0.3) is 0 Å². The van der Waals surface area contributed by atoms with Crippen molar-refractivity contribution in [2.75, 3.05) is 39.6 Å². The van der Waals surface area contributed by atoms with Crippen LogP contribution < -0.4 is 19.9 Å². The van der Waals surface area contributed by atoms with Crippen LogP contribution in [0.5, 0.6) is 17.2 Å². The van der Waals surface area contributed by atoms with Crippen LogP contribution in [0, 0.1) is 5.92 Å². The molecule has 1 aliphatic heterocycles. The molecular formula is C27H38Cl2N2O4. The molecule has 1 aliphatic rings. The van der Waals surface area contributed by atoms with Gasteiger partial charge in [0.1, 0.15) is 23.9 Å². The van der Waals surface area contributed by atoms with Crippen LogP contribution in [0.2, 0.25) is 5.02 Å². The number of carbonyl (C=O) groups excluding carboxylic acids is 1. The van der Waals surface area contributed by atoms with Crippen LogP contribution in [-0.4, -0.2) is 44.5 Å². The highest BCUT2D eigenvalue weighted by Crippen LogP contribution is 2.32. The molecule has 1 heterocycles. The third kappa shape index (κ3) is 8.48. The molecule has 2 aromatic rings. The Morgan fingerprint density at radius 1 is 1.09 bits per heavy atom. The highest BCUT2D eigenvalue weighted by atomic mass is 35.5. The summed E-state index contributed by atoms with van der Waals surface area (Å²) in [6.45, 7) is 5.92. The van der Waals surface area contributed by atoms with Crippen LogP contribution >= 0.6 is 24.0 Å². The molecule has 2 N–H and O–H groups in total. The molecule has 0 saturated carbocycles. The minimum absolute atomic E-state index is 0. The van der Waals surface area contributed by atoms with E-state index in [9.17, 15) is 4.79 Å². The summed E-state index contributed by atoms with van der Waals surface area (Å²) in [6.07, 6.45) is 6.15. The number of unbranched alkanes of at least 4 members (excludes halogenated alkanes) is 1. The SMILES string of the molecule is CCCCN1CCC(CCC(=O)c2cc(Cl)c(N)cc2OCc2cc(OC)cc(OC)c2)CC1.Cl. The summed E-state index contributed by atoms with van der Waals surface area (Å²) in [5.41, 5.74) is 7.75. The lowest BCUT2D eigenvalue weighted by molar-refractivity contribution is 0.0958. The maximum atomic E-state index is 13.2. The Kier molecular flexibility index (Phi) is 12.0. The largest absolute Gasteiger partial charge is 0.497 e. The van der Waals surface area contributed by atoms with Crippen molar-refractivity contribution in [1.82, 2.24) is 4.90 Å². The van der Waals surface area contributed by atoms with Gasteiger partial charge in [-0.05, 0) is 75.0 Å². The molecule has 3 rings (SSSR count). The molecule has 0 bridgehead atoms. The van der Waals surface area contributed by atoms with Crippen molar-refractivity contribution in [1.29, 1.82) is 0 Å². The highest BCUT2D eigenvalue weighted by molar-refractivity contribution is 6.33. The molecule has 0 amide bonds. The quantitative estimate of drug-likeness (QED) is 0.255. The van der Waals surface area contributed by atoms with E-state index in [0.717, 1.165) is 37.9 Å². The number of carbonyl (C=O) groups is 1. The van der Waals surface area contributed by atoms with Gasteiger partial charge in [0.2, 0.25) is 0 Å². The summed E-state index contributed by atoms with van der Waals surface area (Å²) in [5.74, 6) is 2.41. The van der Waals surface area contributed by atoms with Gasteiger partial charge in [-0.25, -0.2) is 0 Å². The lowest BCUT2D eigenvalue weighted by Gasteiger charge is -2.31. The first-order valence-electron chi connectivity index (χ1n) is 12.1. The summed E-state index contributed by atoms with van der Waals surface area (Å²) in [5, 5.41) is 0.364. The number of rotatable bonds is 12. The van der Waals surface area contributed by atoms with Crippen molar-refractivity contribution >= 4 is 35.5 Å². The molecule has 8 heteroatoms. The van der Waals surface area contributed by atoms with E-state index in [4.69, 9.17) is 31.5 Å². The highest BCUT2D eigenvalue weighted by Gasteiger charge is 2.22. The van der Waals surface area contributed by atoms with E-state index in [0.29, 0.717) is 45.9 Å². The van der Waals surface area contributed by atoms with Crippen molar-refractivity contribution in [2.45, 2.75) is 52.1 Å². The summed E-state index contributed by atoms with van der Waals surface area (Å²) in [6, 6.07) is 8.81. The maximum Gasteiger partial charge on any atom is 0.166 e. The van der Waals surface area contributed by atoms with Gasteiger partial charge in [0, 0.05) is 18.6 Å². The normalized spacial score (nSPS) is 14.3. The molecule has 0 aliphatic carbocycles. The van der Waals surface area contributed by atoms with E-state index in [1.807, 2.05) is 12.1 Å². The van der Waals surface area contributed by atoms with Crippen molar-refractivity contribution in [3.63, 3.8) is 0 Å². The number of benzene rings is 2. The molecule has 0 unspecified atom stereocenters. The standard InChI is InChI=1S/C27H37ClN2O4.ClH/c1-4-5-10-30-11-8-19(9-12-30)6-7-26(31)23-16-24(28)25(29)17-27(23)34-18-20-13-21(32-2)15-22(14-20)33-3;/h13-17,19H,4-12,18,29H2,1-3H3;1H. The number of likely N-dealkylation sites (tertiary alicyclic amines) is 1. The van der Waals surface area contributed by atoms with Crippen molar-refractivity contribution in [2.24, 2.45) is 5.92 Å². The number of piperidine rings is 1. The zero-order valence-corrected chi connectivity index (χ0v) is 22.6. The number of nitrogens with zero attached hydrogens (tertiary/aromatic N) is 1. The maximum absolute atomic E-state index is 13.2. The zero-order chi connectivity index (χ0) is 24.5. The van der Waals surface area contributed by atoms with Crippen LogP contribution in [0.1, 0.15) is 61.4 Å². The Bertz CT molecular complexity index is 940. The Balaban J connectivity index is 0.00000432. The molecule has 1 saturated heterocycles. The second-order valence-corrected chi connectivity index (χ2v) is 9.39. The third-order valence-electron chi connectivity index (χ3n) is 6.52. The first-order chi connectivity index (χ1) is 16.4. The van der Waals surface area contributed by atoms with Crippen LogP contribution in [0.4, 0.5) is 5.69 Å². The van der Waals surface area contributed by atoms with Gasteiger partial charge in [0.25, 0.3) is 0 Å². The van der Waals surface area contributed by atoms with Gasteiger partial charge in [0.15, 0.2) is 5.78 Å². The van der Waals surface area contributed by atoms with Crippen molar-refractivity contribution < 1.29 is 19.0 Å². The minimum atomic E-state index is 0. The molecule has 0 atom stereocenters. The average molecular weight is 526 g/mol. The van der Waals surface area contributed by atoms with Crippen LogP contribution in [-0.2, 0) is 6.61 Å². The van der Waals surface area contributed by atoms with Gasteiger partial charge >= 0.3 is 0 Å². The zero-order valence-electron chi connectivity index (χ0n) is 21.0. The minimum Gasteiger partial charge on any atom is -0.497 e. The topological polar surface area (TPSA) is 74.0 Å². The van der Waals surface area contributed by atoms with Gasteiger partial charge in [-0.3, -0.25) is 4.79 Å². The fourth-order valence-corrected chi connectivity index (χ4v) is 4.53. The van der Waals surface area contributed by atoms with E-state index < -0.39 is 0 Å². The Hall–Kier alpha value is -2.15.